The summed E-state index contributed by atoms with van der Waals surface area (Å²) in [5.74, 6) is -1.58. The number of sulfone groups is 2. The predicted molar refractivity (Wildman–Crippen MR) is 83.1 cm³/mol. The fourth-order valence-electron chi connectivity index (χ4n) is 1.77. The molecule has 0 saturated heterocycles. The Balaban J connectivity index is 2.58. The lowest BCUT2D eigenvalue weighted by atomic mass is 10.3. The van der Waals surface area contributed by atoms with E-state index < -0.39 is 31.3 Å². The molecule has 2 rings (SSSR count). The lowest BCUT2D eigenvalue weighted by Crippen LogP contribution is -2.04. The van der Waals surface area contributed by atoms with Crippen molar-refractivity contribution in [3.63, 3.8) is 0 Å². The van der Waals surface area contributed by atoms with Crippen molar-refractivity contribution in [2.45, 2.75) is 19.6 Å². The summed E-state index contributed by atoms with van der Waals surface area (Å²) in [5.41, 5.74) is 0. The molecule has 0 heterocycles. The van der Waals surface area contributed by atoms with Crippen LogP contribution in [-0.2, 0) is 19.7 Å². The molecule has 0 radical (unpaired) electrons. The maximum Gasteiger partial charge on any atom is 0.176 e. The summed E-state index contributed by atoms with van der Waals surface area (Å²) in [7, 11) is -7.33. The van der Waals surface area contributed by atoms with E-state index in [9.17, 15) is 25.6 Å². The van der Waals surface area contributed by atoms with Crippen molar-refractivity contribution in [3.05, 3.63) is 48.0 Å². The van der Waals surface area contributed by atoms with Crippen molar-refractivity contribution in [2.24, 2.45) is 0 Å². The highest BCUT2D eigenvalue weighted by atomic mass is 32.2. The van der Waals surface area contributed by atoms with Crippen LogP contribution >= 0.6 is 11.8 Å². The molecule has 0 aromatic heterocycles. The van der Waals surface area contributed by atoms with Gasteiger partial charge in [-0.2, -0.15) is 0 Å². The fraction of sp³-hybridized carbons (Fsp3) is 0.143. The highest BCUT2D eigenvalue weighted by molar-refractivity contribution is 8.00. The summed E-state index contributed by atoms with van der Waals surface area (Å²) in [4.78, 5) is -0.190. The van der Waals surface area contributed by atoms with E-state index in [0.717, 1.165) is 36.4 Å². The van der Waals surface area contributed by atoms with Gasteiger partial charge in [0, 0.05) is 28.4 Å². The first kappa shape index (κ1) is 17.9. The highest BCUT2D eigenvalue weighted by Crippen LogP contribution is 2.35. The smallest absolute Gasteiger partial charge is 0.176 e. The zero-order chi connectivity index (χ0) is 17.4. The van der Waals surface area contributed by atoms with Crippen molar-refractivity contribution >= 4 is 31.4 Å². The van der Waals surface area contributed by atoms with Crippen molar-refractivity contribution in [1.29, 1.82) is 0 Å². The molecule has 2 aromatic rings. The van der Waals surface area contributed by atoms with Crippen LogP contribution < -0.4 is 0 Å². The topological polar surface area (TPSA) is 68.3 Å². The number of halogens is 2. The van der Waals surface area contributed by atoms with Crippen LogP contribution in [0.2, 0.25) is 0 Å². The standard InChI is InChI=1S/C14H12F2O4S3/c1-22(17,18)10-4-6-13(14(8-10)23(2,19)20)21-12-5-3-9(15)7-11(12)16/h3-8H,1-2H3. The molecule has 0 N–H and O–H groups in total. The van der Waals surface area contributed by atoms with Crippen LogP contribution in [0, 0.1) is 11.6 Å². The van der Waals surface area contributed by atoms with Crippen LogP contribution in [0.5, 0.6) is 0 Å². The second-order valence-electron chi connectivity index (χ2n) is 4.83. The van der Waals surface area contributed by atoms with E-state index >= 15 is 0 Å². The van der Waals surface area contributed by atoms with Gasteiger partial charge in [0.15, 0.2) is 19.7 Å². The fourth-order valence-corrected chi connectivity index (χ4v) is 4.67. The molecule has 0 aliphatic carbocycles. The number of hydrogen-bond donors (Lipinski definition) is 0. The minimum absolute atomic E-state index is 0.0309. The molecule has 0 spiro atoms. The monoisotopic (exact) mass is 378 g/mol. The van der Waals surface area contributed by atoms with E-state index in [1.54, 1.807) is 0 Å². The molecule has 0 unspecified atom stereocenters. The van der Waals surface area contributed by atoms with Gasteiger partial charge in [0.2, 0.25) is 0 Å². The van der Waals surface area contributed by atoms with Gasteiger partial charge < -0.3 is 0 Å². The van der Waals surface area contributed by atoms with E-state index in [-0.39, 0.29) is 19.6 Å². The van der Waals surface area contributed by atoms with Crippen molar-refractivity contribution < 1.29 is 25.6 Å². The largest absolute Gasteiger partial charge is 0.224 e. The molecule has 0 saturated carbocycles. The number of hydrogen-bond acceptors (Lipinski definition) is 5. The van der Waals surface area contributed by atoms with E-state index in [1.165, 1.54) is 18.2 Å². The summed E-state index contributed by atoms with van der Waals surface area (Å²) in [6.45, 7) is 0. The molecular weight excluding hydrogens is 366 g/mol. The van der Waals surface area contributed by atoms with Gasteiger partial charge in [0.1, 0.15) is 11.6 Å². The van der Waals surface area contributed by atoms with Crippen LogP contribution in [0.15, 0.2) is 56.0 Å². The van der Waals surface area contributed by atoms with Gasteiger partial charge in [-0.25, -0.2) is 25.6 Å². The Morgan fingerprint density at radius 3 is 1.96 bits per heavy atom. The molecular formula is C14H12F2O4S3. The molecule has 0 aliphatic heterocycles. The summed E-state index contributed by atoms with van der Waals surface area (Å²) in [5, 5.41) is 0. The van der Waals surface area contributed by atoms with E-state index in [1.807, 2.05) is 0 Å². The summed E-state index contributed by atoms with van der Waals surface area (Å²) in [6, 6.07) is 6.50. The van der Waals surface area contributed by atoms with Gasteiger partial charge in [-0.15, -0.1) is 0 Å². The van der Waals surface area contributed by atoms with Gasteiger partial charge in [-0.05, 0) is 30.3 Å². The number of rotatable bonds is 4. The van der Waals surface area contributed by atoms with Gasteiger partial charge in [0.25, 0.3) is 0 Å². The molecule has 124 valence electrons. The molecule has 0 bridgehead atoms. The van der Waals surface area contributed by atoms with Crippen LogP contribution in [0.4, 0.5) is 8.78 Å². The van der Waals surface area contributed by atoms with Crippen molar-refractivity contribution in [3.8, 4) is 0 Å². The average molecular weight is 378 g/mol. The first-order chi connectivity index (χ1) is 10.5. The third-order valence-electron chi connectivity index (χ3n) is 2.86. The third kappa shape index (κ3) is 4.30. The summed E-state index contributed by atoms with van der Waals surface area (Å²) in [6.07, 6.45) is 1.89. The van der Waals surface area contributed by atoms with Gasteiger partial charge in [-0.1, -0.05) is 11.8 Å². The Kier molecular flexibility index (Phi) is 4.84. The first-order valence-electron chi connectivity index (χ1n) is 6.15. The zero-order valence-corrected chi connectivity index (χ0v) is 14.5. The predicted octanol–water partition coefficient (Wildman–Crippen LogP) is 2.92. The Morgan fingerprint density at radius 2 is 1.43 bits per heavy atom. The lowest BCUT2D eigenvalue weighted by molar-refractivity contribution is 0.565. The molecule has 0 atom stereocenters. The van der Waals surface area contributed by atoms with Gasteiger partial charge in [-0.3, -0.25) is 0 Å². The highest BCUT2D eigenvalue weighted by Gasteiger charge is 2.19. The van der Waals surface area contributed by atoms with Crippen molar-refractivity contribution in [2.75, 3.05) is 12.5 Å². The average Bonchev–Trinajstić information content (AvgIpc) is 2.40. The molecule has 4 nitrogen and oxygen atoms in total. The second-order valence-corrected chi connectivity index (χ2v) is 9.91. The van der Waals surface area contributed by atoms with Crippen LogP contribution in [0.25, 0.3) is 0 Å². The molecule has 23 heavy (non-hydrogen) atoms. The van der Waals surface area contributed by atoms with Gasteiger partial charge >= 0.3 is 0 Å². The quantitative estimate of drug-likeness (QED) is 0.818. The van der Waals surface area contributed by atoms with Gasteiger partial charge in [0.05, 0.1) is 9.79 Å². The second kappa shape index (κ2) is 6.21. The normalized spacial score (nSPS) is 12.3. The van der Waals surface area contributed by atoms with E-state index in [4.69, 9.17) is 0 Å². The third-order valence-corrected chi connectivity index (χ3v) is 6.36. The molecule has 9 heteroatoms. The Bertz CT molecular complexity index is 968. The molecule has 0 amide bonds. The minimum Gasteiger partial charge on any atom is -0.224 e. The molecule has 0 fully saturated rings. The zero-order valence-electron chi connectivity index (χ0n) is 12.1. The van der Waals surface area contributed by atoms with Crippen LogP contribution in [0.3, 0.4) is 0 Å². The van der Waals surface area contributed by atoms with E-state index in [0.29, 0.717) is 6.07 Å². The van der Waals surface area contributed by atoms with Crippen LogP contribution in [0.1, 0.15) is 0 Å². The van der Waals surface area contributed by atoms with Crippen LogP contribution in [-0.4, -0.2) is 29.3 Å². The number of benzene rings is 2. The lowest BCUT2D eigenvalue weighted by Gasteiger charge is -2.10. The molecule has 2 aromatic carbocycles. The summed E-state index contributed by atoms with van der Waals surface area (Å²) < 4.78 is 73.6. The Hall–Kier alpha value is -1.45. The maximum atomic E-state index is 13.7. The van der Waals surface area contributed by atoms with E-state index in [2.05, 4.69) is 0 Å². The summed E-state index contributed by atoms with van der Waals surface area (Å²) >= 11 is 0.780. The first-order valence-corrected chi connectivity index (χ1v) is 10.8. The Morgan fingerprint density at radius 1 is 0.826 bits per heavy atom. The SMILES string of the molecule is CS(=O)(=O)c1ccc(Sc2ccc(F)cc2F)c(S(C)(=O)=O)c1. The van der Waals surface area contributed by atoms with Crippen molar-refractivity contribution in [1.82, 2.24) is 0 Å². The minimum atomic E-state index is -3.74. The Labute approximate surface area is 137 Å². The maximum absolute atomic E-state index is 13.7. The molecule has 0 aliphatic rings.